The van der Waals surface area contributed by atoms with Crippen LogP contribution in [0.4, 0.5) is 0 Å². The van der Waals surface area contributed by atoms with E-state index in [0.29, 0.717) is 19.0 Å². The highest BCUT2D eigenvalue weighted by molar-refractivity contribution is 5.66. The van der Waals surface area contributed by atoms with Crippen molar-refractivity contribution in [2.45, 2.75) is 31.4 Å². The highest BCUT2D eigenvalue weighted by atomic mass is 16.4. The van der Waals surface area contributed by atoms with Crippen molar-refractivity contribution in [3.63, 3.8) is 0 Å². The van der Waals surface area contributed by atoms with Crippen molar-refractivity contribution < 1.29 is 15.0 Å². The van der Waals surface area contributed by atoms with Gasteiger partial charge in [0.1, 0.15) is 0 Å². The Kier molecular flexibility index (Phi) is 5.18. The number of β-amino-alcohol motifs (C(OH)–C–C–N with tert-alkyl or cyclic N) is 1. The second-order valence-electron chi connectivity index (χ2n) is 4.80. The quantitative estimate of drug-likeness (QED) is 0.664. The largest absolute Gasteiger partial charge is 0.481 e. The van der Waals surface area contributed by atoms with Crippen LogP contribution in [0.3, 0.4) is 0 Å². The zero-order chi connectivity index (χ0) is 12.1. The lowest BCUT2D eigenvalue weighted by molar-refractivity contribution is -0.137. The van der Waals surface area contributed by atoms with Gasteiger partial charge in [0.15, 0.2) is 0 Å². The van der Waals surface area contributed by atoms with Gasteiger partial charge in [-0.2, -0.15) is 0 Å². The lowest BCUT2D eigenvalue weighted by Crippen LogP contribution is -2.38. The minimum absolute atomic E-state index is 0.210. The lowest BCUT2D eigenvalue weighted by Gasteiger charge is -2.26. The maximum absolute atomic E-state index is 10.4. The van der Waals surface area contributed by atoms with Crippen LogP contribution in [0, 0.1) is 0 Å². The maximum Gasteiger partial charge on any atom is 0.303 e. The standard InChI is InChI=1S/C11H22N2O3/c1-12(2)7-9-6-10(14)8-13(9)5-3-4-11(15)16/h9-10,14H,3-8H2,1-2H3,(H,15,16). The summed E-state index contributed by atoms with van der Waals surface area (Å²) < 4.78 is 0. The molecule has 2 N–H and O–H groups in total. The fraction of sp³-hybridized carbons (Fsp3) is 0.909. The van der Waals surface area contributed by atoms with E-state index < -0.39 is 5.97 Å². The van der Waals surface area contributed by atoms with Gasteiger partial charge in [-0.1, -0.05) is 0 Å². The van der Waals surface area contributed by atoms with E-state index in [0.717, 1.165) is 19.5 Å². The van der Waals surface area contributed by atoms with Gasteiger partial charge in [-0.25, -0.2) is 0 Å². The molecule has 0 aliphatic carbocycles. The van der Waals surface area contributed by atoms with Gasteiger partial charge in [-0.05, 0) is 33.5 Å². The van der Waals surface area contributed by atoms with Gasteiger partial charge in [0, 0.05) is 25.6 Å². The van der Waals surface area contributed by atoms with Crippen LogP contribution in [0.15, 0.2) is 0 Å². The Morgan fingerprint density at radius 2 is 2.19 bits per heavy atom. The van der Waals surface area contributed by atoms with E-state index in [1.54, 1.807) is 0 Å². The first-order chi connectivity index (χ1) is 7.49. The third-order valence-electron chi connectivity index (χ3n) is 2.92. The molecule has 5 heteroatoms. The predicted octanol–water partition coefficient (Wildman–Crippen LogP) is -0.152. The van der Waals surface area contributed by atoms with Gasteiger partial charge in [0.05, 0.1) is 6.10 Å². The SMILES string of the molecule is CN(C)CC1CC(O)CN1CCCC(=O)O. The fourth-order valence-electron chi connectivity index (χ4n) is 2.28. The molecule has 1 heterocycles. The Hall–Kier alpha value is -0.650. The molecule has 0 aromatic heterocycles. The molecule has 2 unspecified atom stereocenters. The van der Waals surface area contributed by atoms with Crippen molar-refractivity contribution in [2.24, 2.45) is 0 Å². The summed E-state index contributed by atoms with van der Waals surface area (Å²) in [5.41, 5.74) is 0. The van der Waals surface area contributed by atoms with Crippen LogP contribution in [-0.2, 0) is 4.79 Å². The fourth-order valence-corrected chi connectivity index (χ4v) is 2.28. The molecular weight excluding hydrogens is 208 g/mol. The molecule has 0 bridgehead atoms. The molecule has 1 fully saturated rings. The zero-order valence-electron chi connectivity index (χ0n) is 10.1. The minimum Gasteiger partial charge on any atom is -0.481 e. The normalized spacial score (nSPS) is 26.5. The second-order valence-corrected chi connectivity index (χ2v) is 4.80. The van der Waals surface area contributed by atoms with Crippen molar-refractivity contribution in [3.8, 4) is 0 Å². The third-order valence-corrected chi connectivity index (χ3v) is 2.92. The average molecular weight is 230 g/mol. The molecular formula is C11H22N2O3. The van der Waals surface area contributed by atoms with E-state index in [1.165, 1.54) is 0 Å². The highest BCUT2D eigenvalue weighted by Crippen LogP contribution is 2.18. The summed E-state index contributed by atoms with van der Waals surface area (Å²) in [6.45, 7) is 2.37. The molecule has 1 rings (SSSR count). The number of likely N-dealkylation sites (tertiary alicyclic amines) is 1. The Labute approximate surface area is 96.7 Å². The molecule has 1 saturated heterocycles. The number of aliphatic hydroxyl groups is 1. The van der Waals surface area contributed by atoms with Crippen LogP contribution < -0.4 is 0 Å². The van der Waals surface area contributed by atoms with Crippen LogP contribution >= 0.6 is 0 Å². The van der Waals surface area contributed by atoms with Crippen molar-refractivity contribution in [1.82, 2.24) is 9.80 Å². The molecule has 0 spiro atoms. The Morgan fingerprint density at radius 1 is 1.50 bits per heavy atom. The van der Waals surface area contributed by atoms with Gasteiger partial charge >= 0.3 is 5.97 Å². The smallest absolute Gasteiger partial charge is 0.303 e. The van der Waals surface area contributed by atoms with Gasteiger partial charge in [0.2, 0.25) is 0 Å². The van der Waals surface area contributed by atoms with Crippen LogP contribution in [0.25, 0.3) is 0 Å². The number of rotatable bonds is 6. The summed E-state index contributed by atoms with van der Waals surface area (Å²) in [6, 6.07) is 0.360. The van der Waals surface area contributed by atoms with Crippen LogP contribution in [0.1, 0.15) is 19.3 Å². The van der Waals surface area contributed by atoms with Crippen LogP contribution in [0.2, 0.25) is 0 Å². The van der Waals surface area contributed by atoms with Gasteiger partial charge < -0.3 is 15.1 Å². The first-order valence-electron chi connectivity index (χ1n) is 5.77. The molecule has 5 nitrogen and oxygen atoms in total. The van der Waals surface area contributed by atoms with E-state index in [4.69, 9.17) is 5.11 Å². The number of aliphatic hydroxyl groups excluding tert-OH is 1. The number of carbonyl (C=O) groups is 1. The Balaban J connectivity index is 2.34. The maximum atomic E-state index is 10.4. The van der Waals surface area contributed by atoms with E-state index in [9.17, 15) is 9.90 Å². The Morgan fingerprint density at radius 3 is 2.75 bits per heavy atom. The topological polar surface area (TPSA) is 64.0 Å². The number of carboxylic acid groups (broad SMARTS) is 1. The van der Waals surface area contributed by atoms with Crippen LogP contribution in [0.5, 0.6) is 0 Å². The lowest BCUT2D eigenvalue weighted by atomic mass is 10.2. The molecule has 0 radical (unpaired) electrons. The number of hydrogen-bond donors (Lipinski definition) is 2. The molecule has 1 aliphatic rings. The average Bonchev–Trinajstić information content (AvgIpc) is 2.44. The number of carboxylic acids is 1. The molecule has 16 heavy (non-hydrogen) atoms. The van der Waals surface area contributed by atoms with Crippen molar-refractivity contribution in [1.29, 1.82) is 0 Å². The number of hydrogen-bond acceptors (Lipinski definition) is 4. The number of aliphatic carboxylic acids is 1. The van der Waals surface area contributed by atoms with Crippen molar-refractivity contribution >= 4 is 5.97 Å². The van der Waals surface area contributed by atoms with Crippen LogP contribution in [-0.4, -0.2) is 71.9 Å². The third kappa shape index (κ3) is 4.47. The minimum atomic E-state index is -0.746. The number of likely N-dealkylation sites (N-methyl/N-ethyl adjacent to an activating group) is 1. The molecule has 0 saturated carbocycles. The van der Waals surface area contributed by atoms with E-state index in [-0.39, 0.29) is 12.5 Å². The summed E-state index contributed by atoms with van der Waals surface area (Å²) in [6.07, 6.45) is 1.41. The van der Waals surface area contributed by atoms with E-state index >= 15 is 0 Å². The molecule has 94 valence electrons. The Bertz CT molecular complexity index is 233. The molecule has 2 atom stereocenters. The molecule has 0 amide bonds. The van der Waals surface area contributed by atoms with Gasteiger partial charge in [-0.15, -0.1) is 0 Å². The molecule has 0 aromatic carbocycles. The van der Waals surface area contributed by atoms with Gasteiger partial charge in [-0.3, -0.25) is 9.69 Å². The molecule has 1 aliphatic heterocycles. The number of nitrogens with zero attached hydrogens (tertiary/aromatic N) is 2. The second kappa shape index (κ2) is 6.18. The summed E-state index contributed by atoms with van der Waals surface area (Å²) >= 11 is 0. The predicted molar refractivity (Wildman–Crippen MR) is 61.4 cm³/mol. The van der Waals surface area contributed by atoms with E-state index in [2.05, 4.69) is 9.80 Å². The summed E-state index contributed by atoms with van der Waals surface area (Å²) in [5.74, 6) is -0.746. The zero-order valence-corrected chi connectivity index (χ0v) is 10.1. The highest BCUT2D eigenvalue weighted by Gasteiger charge is 2.30. The summed E-state index contributed by atoms with van der Waals surface area (Å²) in [4.78, 5) is 14.7. The van der Waals surface area contributed by atoms with E-state index in [1.807, 2.05) is 14.1 Å². The monoisotopic (exact) mass is 230 g/mol. The first-order valence-corrected chi connectivity index (χ1v) is 5.77. The van der Waals surface area contributed by atoms with Gasteiger partial charge in [0.25, 0.3) is 0 Å². The first kappa shape index (κ1) is 13.4. The summed E-state index contributed by atoms with van der Waals surface area (Å²) in [5, 5.41) is 18.2. The van der Waals surface area contributed by atoms with Crippen molar-refractivity contribution in [2.75, 3.05) is 33.7 Å². The summed E-state index contributed by atoms with van der Waals surface area (Å²) in [7, 11) is 4.03. The molecule has 0 aromatic rings. The van der Waals surface area contributed by atoms with Crippen molar-refractivity contribution in [3.05, 3.63) is 0 Å².